The first kappa shape index (κ1) is 9.66. The van der Waals surface area contributed by atoms with Crippen molar-refractivity contribution in [1.29, 1.82) is 0 Å². The summed E-state index contributed by atoms with van der Waals surface area (Å²) in [7, 11) is 0. The van der Waals surface area contributed by atoms with Crippen molar-refractivity contribution in [3.63, 3.8) is 0 Å². The van der Waals surface area contributed by atoms with Crippen LogP contribution in [0.3, 0.4) is 0 Å². The van der Waals surface area contributed by atoms with Crippen LogP contribution in [0.15, 0.2) is 5.38 Å². The van der Waals surface area contributed by atoms with Crippen molar-refractivity contribution in [3.8, 4) is 0 Å². The molecule has 0 aliphatic rings. The zero-order valence-corrected chi connectivity index (χ0v) is 7.50. The standard InChI is InChI=1S/C7H8N2O3S/c10-3-6-9-5(4-13-6)1-2-8-7(11)12/h3-4,8H,1-2H2,(H,11,12). The quantitative estimate of drug-likeness (QED) is 0.703. The van der Waals surface area contributed by atoms with E-state index in [-0.39, 0.29) is 0 Å². The van der Waals surface area contributed by atoms with Crippen LogP contribution >= 0.6 is 11.3 Å². The number of aldehydes is 1. The molecule has 0 aliphatic heterocycles. The summed E-state index contributed by atoms with van der Waals surface area (Å²) in [5.41, 5.74) is 0.737. The van der Waals surface area contributed by atoms with Gasteiger partial charge < -0.3 is 10.4 Å². The molecule has 1 aromatic rings. The molecule has 1 rings (SSSR count). The van der Waals surface area contributed by atoms with Gasteiger partial charge in [0.1, 0.15) is 0 Å². The fourth-order valence-electron chi connectivity index (χ4n) is 0.789. The first-order valence-electron chi connectivity index (χ1n) is 3.58. The fraction of sp³-hybridized carbons (Fsp3) is 0.286. The minimum Gasteiger partial charge on any atom is -0.465 e. The molecule has 0 aromatic carbocycles. The Labute approximate surface area is 78.4 Å². The van der Waals surface area contributed by atoms with E-state index in [0.29, 0.717) is 24.3 Å². The second-order valence-corrected chi connectivity index (χ2v) is 3.17. The molecule has 5 nitrogen and oxygen atoms in total. The van der Waals surface area contributed by atoms with Crippen molar-refractivity contribution in [2.75, 3.05) is 6.54 Å². The lowest BCUT2D eigenvalue weighted by Crippen LogP contribution is -2.23. The number of carbonyl (C=O) groups excluding carboxylic acids is 1. The third-order valence-electron chi connectivity index (χ3n) is 1.33. The van der Waals surface area contributed by atoms with Gasteiger partial charge in [0.05, 0.1) is 5.69 Å². The Bertz CT molecular complexity index is 310. The largest absolute Gasteiger partial charge is 0.465 e. The maximum absolute atomic E-state index is 10.2. The van der Waals surface area contributed by atoms with Crippen molar-refractivity contribution in [3.05, 3.63) is 16.1 Å². The number of thiazole rings is 1. The number of nitrogens with one attached hydrogen (secondary N) is 1. The van der Waals surface area contributed by atoms with Crippen LogP contribution in [0.4, 0.5) is 4.79 Å². The van der Waals surface area contributed by atoms with Crippen LogP contribution in [-0.2, 0) is 6.42 Å². The highest BCUT2D eigenvalue weighted by Crippen LogP contribution is 2.07. The van der Waals surface area contributed by atoms with E-state index in [4.69, 9.17) is 5.11 Å². The predicted octanol–water partition coefficient (Wildman–Crippen LogP) is 0.766. The number of aromatic nitrogens is 1. The predicted molar refractivity (Wildman–Crippen MR) is 47.2 cm³/mol. The van der Waals surface area contributed by atoms with Gasteiger partial charge in [0, 0.05) is 18.3 Å². The summed E-state index contributed by atoms with van der Waals surface area (Å²) in [6.45, 7) is 0.317. The highest BCUT2D eigenvalue weighted by atomic mass is 32.1. The first-order valence-corrected chi connectivity index (χ1v) is 4.46. The fourth-order valence-corrected chi connectivity index (χ4v) is 1.44. The molecule has 0 radical (unpaired) electrons. The maximum atomic E-state index is 10.2. The second kappa shape index (κ2) is 4.56. The third kappa shape index (κ3) is 3.20. The van der Waals surface area contributed by atoms with Crippen molar-refractivity contribution in [2.24, 2.45) is 0 Å². The Morgan fingerprint density at radius 3 is 3.08 bits per heavy atom. The Kier molecular flexibility index (Phi) is 3.39. The number of carboxylic acid groups (broad SMARTS) is 1. The van der Waals surface area contributed by atoms with Gasteiger partial charge in [-0.3, -0.25) is 4.79 Å². The van der Waals surface area contributed by atoms with Gasteiger partial charge >= 0.3 is 6.09 Å². The average Bonchev–Trinajstić information content (AvgIpc) is 2.52. The molecule has 1 heterocycles. The minimum absolute atomic E-state index is 0.317. The first-order chi connectivity index (χ1) is 6.22. The number of carbonyl (C=O) groups is 2. The van der Waals surface area contributed by atoms with Crippen LogP contribution in [0.5, 0.6) is 0 Å². The van der Waals surface area contributed by atoms with Crippen molar-refractivity contribution in [1.82, 2.24) is 10.3 Å². The molecule has 0 saturated carbocycles. The van der Waals surface area contributed by atoms with E-state index in [1.54, 1.807) is 5.38 Å². The highest BCUT2D eigenvalue weighted by Gasteiger charge is 2.01. The highest BCUT2D eigenvalue weighted by molar-refractivity contribution is 7.11. The van der Waals surface area contributed by atoms with Crippen LogP contribution in [0.2, 0.25) is 0 Å². The number of hydrogen-bond donors (Lipinski definition) is 2. The van der Waals surface area contributed by atoms with Crippen LogP contribution in [0.25, 0.3) is 0 Å². The van der Waals surface area contributed by atoms with Gasteiger partial charge in [-0.1, -0.05) is 0 Å². The summed E-state index contributed by atoms with van der Waals surface area (Å²) in [5.74, 6) is 0. The molecule has 0 spiro atoms. The van der Waals surface area contributed by atoms with Gasteiger partial charge in [-0.2, -0.15) is 0 Å². The molecule has 0 unspecified atom stereocenters. The van der Waals surface area contributed by atoms with E-state index < -0.39 is 6.09 Å². The molecule has 13 heavy (non-hydrogen) atoms. The van der Waals surface area contributed by atoms with Crippen LogP contribution < -0.4 is 5.32 Å². The van der Waals surface area contributed by atoms with E-state index in [1.807, 2.05) is 0 Å². The van der Waals surface area contributed by atoms with Crippen molar-refractivity contribution in [2.45, 2.75) is 6.42 Å². The smallest absolute Gasteiger partial charge is 0.404 e. The number of hydrogen-bond acceptors (Lipinski definition) is 4. The van der Waals surface area contributed by atoms with Crippen LogP contribution in [0.1, 0.15) is 15.5 Å². The van der Waals surface area contributed by atoms with Gasteiger partial charge in [0.25, 0.3) is 0 Å². The summed E-state index contributed by atoms with van der Waals surface area (Å²) < 4.78 is 0. The van der Waals surface area contributed by atoms with E-state index in [0.717, 1.165) is 5.69 Å². The lowest BCUT2D eigenvalue weighted by Gasteiger charge is -1.96. The minimum atomic E-state index is -1.05. The van der Waals surface area contributed by atoms with E-state index >= 15 is 0 Å². The van der Waals surface area contributed by atoms with E-state index in [1.165, 1.54) is 11.3 Å². The van der Waals surface area contributed by atoms with Gasteiger partial charge in [-0.15, -0.1) is 11.3 Å². The molecule has 0 bridgehead atoms. The maximum Gasteiger partial charge on any atom is 0.404 e. The Morgan fingerprint density at radius 1 is 1.77 bits per heavy atom. The number of rotatable bonds is 4. The van der Waals surface area contributed by atoms with Gasteiger partial charge in [0.2, 0.25) is 0 Å². The molecule has 0 atom stereocenters. The summed E-state index contributed by atoms with van der Waals surface area (Å²) in [4.78, 5) is 24.2. The van der Waals surface area contributed by atoms with E-state index in [2.05, 4.69) is 10.3 Å². The van der Waals surface area contributed by atoms with Gasteiger partial charge in [0.15, 0.2) is 11.3 Å². The summed E-state index contributed by atoms with van der Waals surface area (Å²) in [6.07, 6.45) is 0.140. The Balaban J connectivity index is 2.36. The second-order valence-electron chi connectivity index (χ2n) is 2.28. The Morgan fingerprint density at radius 2 is 2.54 bits per heavy atom. The average molecular weight is 200 g/mol. The van der Waals surface area contributed by atoms with E-state index in [9.17, 15) is 9.59 Å². The molecular weight excluding hydrogens is 192 g/mol. The molecular formula is C7H8N2O3S. The molecule has 70 valence electrons. The molecule has 0 fully saturated rings. The lowest BCUT2D eigenvalue weighted by atomic mass is 10.3. The molecule has 0 saturated heterocycles. The molecule has 0 aliphatic carbocycles. The zero-order valence-electron chi connectivity index (χ0n) is 6.69. The van der Waals surface area contributed by atoms with Crippen molar-refractivity contribution < 1.29 is 14.7 Å². The summed E-state index contributed by atoms with van der Waals surface area (Å²) in [5, 5.41) is 12.6. The topological polar surface area (TPSA) is 79.3 Å². The SMILES string of the molecule is O=Cc1nc(CCNC(=O)O)cs1. The molecule has 1 aromatic heterocycles. The van der Waals surface area contributed by atoms with Crippen molar-refractivity contribution >= 4 is 23.7 Å². The molecule has 6 heteroatoms. The summed E-state index contributed by atoms with van der Waals surface area (Å²) >= 11 is 1.25. The zero-order chi connectivity index (χ0) is 9.68. The number of nitrogens with zero attached hydrogens (tertiary/aromatic N) is 1. The normalized spacial score (nSPS) is 9.54. The van der Waals surface area contributed by atoms with Gasteiger partial charge in [-0.25, -0.2) is 9.78 Å². The number of amides is 1. The lowest BCUT2D eigenvalue weighted by molar-refractivity contribution is 0.112. The molecule has 1 amide bonds. The third-order valence-corrected chi connectivity index (χ3v) is 2.15. The molecule has 2 N–H and O–H groups in total. The monoisotopic (exact) mass is 200 g/mol. The Hall–Kier alpha value is -1.43. The summed E-state index contributed by atoms with van der Waals surface area (Å²) in [6, 6.07) is 0. The van der Waals surface area contributed by atoms with Crippen LogP contribution in [-0.4, -0.2) is 29.0 Å². The van der Waals surface area contributed by atoms with Gasteiger partial charge in [-0.05, 0) is 0 Å². The van der Waals surface area contributed by atoms with Crippen LogP contribution in [0, 0.1) is 0 Å².